The van der Waals surface area contributed by atoms with Crippen LogP contribution in [0, 0.1) is 5.92 Å². The topological polar surface area (TPSA) is 76.1 Å². The van der Waals surface area contributed by atoms with Crippen LogP contribution in [0.25, 0.3) is 6.08 Å². The molecule has 1 aromatic carbocycles. The molecule has 9 heteroatoms. The van der Waals surface area contributed by atoms with Crippen LogP contribution in [0.1, 0.15) is 54.9 Å². The van der Waals surface area contributed by atoms with Gasteiger partial charge in [-0.2, -0.15) is 0 Å². The van der Waals surface area contributed by atoms with Crippen LogP contribution < -0.4 is 4.74 Å². The van der Waals surface area contributed by atoms with Gasteiger partial charge in [0.2, 0.25) is 5.91 Å². The van der Waals surface area contributed by atoms with Gasteiger partial charge in [0.25, 0.3) is 5.91 Å². The fraction of sp³-hybridized carbons (Fsp3) is 0.345. The second kappa shape index (κ2) is 11.6. The minimum Gasteiger partial charge on any atom is -0.497 e. The van der Waals surface area contributed by atoms with Crippen molar-refractivity contribution in [2.24, 2.45) is 5.92 Å². The number of carbonyl (C=O) groups excluding carboxylic acids is 2. The molecule has 198 valence electrons. The molecule has 3 heterocycles. The maximum atomic E-state index is 13.3. The maximum Gasteiger partial charge on any atom is 0.266 e. The molecule has 7 nitrogen and oxygen atoms in total. The Balaban J connectivity index is 1.18. The Labute approximate surface area is 231 Å². The van der Waals surface area contributed by atoms with E-state index in [1.165, 1.54) is 11.8 Å². The minimum absolute atomic E-state index is 0.0293. The Kier molecular flexibility index (Phi) is 8.04. The Morgan fingerprint density at radius 1 is 1.18 bits per heavy atom. The molecule has 38 heavy (non-hydrogen) atoms. The Morgan fingerprint density at radius 3 is 2.63 bits per heavy atom. The van der Waals surface area contributed by atoms with Crippen molar-refractivity contribution >= 4 is 46.2 Å². The highest BCUT2D eigenvalue weighted by molar-refractivity contribution is 8.26. The molecule has 2 unspecified atom stereocenters. The third-order valence-corrected chi connectivity index (χ3v) is 8.22. The first-order valence-electron chi connectivity index (χ1n) is 12.7. The highest BCUT2D eigenvalue weighted by atomic mass is 32.2. The summed E-state index contributed by atoms with van der Waals surface area (Å²) in [5.41, 5.74) is 0.896. The van der Waals surface area contributed by atoms with Crippen LogP contribution in [-0.2, 0) is 22.7 Å². The smallest absolute Gasteiger partial charge is 0.266 e. The zero-order valence-electron chi connectivity index (χ0n) is 21.4. The molecule has 5 rings (SSSR count). The molecule has 2 fully saturated rings. The van der Waals surface area contributed by atoms with E-state index in [2.05, 4.69) is 6.92 Å². The lowest BCUT2D eigenvalue weighted by molar-refractivity contribution is -0.133. The molecule has 0 spiro atoms. The number of methoxy groups -OCH3 is 1. The van der Waals surface area contributed by atoms with Crippen molar-refractivity contribution in [2.45, 2.75) is 45.2 Å². The second-order valence-electron chi connectivity index (χ2n) is 9.66. The van der Waals surface area contributed by atoms with Gasteiger partial charge in [-0.25, -0.2) is 0 Å². The zero-order valence-corrected chi connectivity index (χ0v) is 23.1. The molecule has 0 radical (unpaired) electrons. The fourth-order valence-electron chi connectivity index (χ4n) is 4.50. The molecule has 0 bridgehead atoms. The van der Waals surface area contributed by atoms with Crippen LogP contribution in [0.3, 0.4) is 0 Å². The van der Waals surface area contributed by atoms with Gasteiger partial charge in [-0.15, -0.1) is 0 Å². The maximum absolute atomic E-state index is 13.3. The van der Waals surface area contributed by atoms with Crippen LogP contribution in [0.2, 0.25) is 0 Å². The van der Waals surface area contributed by atoms with Crippen LogP contribution in [0.15, 0.2) is 68.5 Å². The predicted molar refractivity (Wildman–Crippen MR) is 150 cm³/mol. The lowest BCUT2D eigenvalue weighted by Gasteiger charge is -2.21. The normalized spacial score (nSPS) is 19.8. The number of benzene rings is 1. The summed E-state index contributed by atoms with van der Waals surface area (Å²) in [5.74, 6) is 4.20. The molecular formula is C29H30N2O5S2. The van der Waals surface area contributed by atoms with Crippen LogP contribution >= 0.6 is 24.0 Å². The van der Waals surface area contributed by atoms with Crippen LogP contribution in [0.5, 0.6) is 5.75 Å². The highest BCUT2D eigenvalue weighted by Gasteiger charge is 2.37. The zero-order chi connectivity index (χ0) is 26.6. The van der Waals surface area contributed by atoms with Gasteiger partial charge in [-0.1, -0.05) is 43.0 Å². The van der Waals surface area contributed by atoms with Gasteiger partial charge in [0.15, 0.2) is 0 Å². The first-order valence-corrected chi connectivity index (χ1v) is 13.9. The molecule has 2 atom stereocenters. The van der Waals surface area contributed by atoms with Gasteiger partial charge in [-0.3, -0.25) is 14.5 Å². The fourth-order valence-corrected chi connectivity index (χ4v) is 5.81. The number of rotatable bonds is 11. The Morgan fingerprint density at radius 2 is 1.95 bits per heavy atom. The first kappa shape index (κ1) is 26.3. The molecule has 2 amide bonds. The van der Waals surface area contributed by atoms with Crippen molar-refractivity contribution in [1.29, 1.82) is 0 Å². The van der Waals surface area contributed by atoms with E-state index in [-0.39, 0.29) is 18.2 Å². The van der Waals surface area contributed by atoms with E-state index in [0.717, 1.165) is 29.3 Å². The number of ether oxygens (including phenoxy) is 1. The van der Waals surface area contributed by atoms with E-state index in [4.69, 9.17) is 25.8 Å². The van der Waals surface area contributed by atoms with Gasteiger partial charge in [0.05, 0.1) is 31.4 Å². The average Bonchev–Trinajstić information content (AvgIpc) is 3.26. The largest absolute Gasteiger partial charge is 0.497 e. The SMILES string of the molecule is COc1ccc(/C=C2\SC(=S)N(CCCC(=O)N(Cc3ccco3)Cc3ccc(C4CC4C)o3)C2=O)cc1. The summed E-state index contributed by atoms with van der Waals surface area (Å²) in [6.45, 7) is 3.32. The quantitative estimate of drug-likeness (QED) is 0.207. The average molecular weight is 551 g/mol. The molecule has 0 N–H and O–H groups in total. The summed E-state index contributed by atoms with van der Waals surface area (Å²) in [6, 6.07) is 15.1. The molecule has 1 saturated carbocycles. The summed E-state index contributed by atoms with van der Waals surface area (Å²) in [6.07, 6.45) is 5.36. The van der Waals surface area contributed by atoms with Crippen LogP contribution in [-0.4, -0.2) is 39.6 Å². The summed E-state index contributed by atoms with van der Waals surface area (Å²) < 4.78 is 17.2. The predicted octanol–water partition coefficient (Wildman–Crippen LogP) is 6.22. The number of furan rings is 2. The van der Waals surface area contributed by atoms with Crippen molar-refractivity contribution in [3.63, 3.8) is 0 Å². The molecule has 2 aliphatic rings. The summed E-state index contributed by atoms with van der Waals surface area (Å²) >= 11 is 6.75. The third-order valence-electron chi connectivity index (χ3n) is 6.84. The number of hydrogen-bond acceptors (Lipinski definition) is 7. The van der Waals surface area contributed by atoms with Gasteiger partial charge in [0.1, 0.15) is 27.4 Å². The van der Waals surface area contributed by atoms with E-state index < -0.39 is 0 Å². The lowest BCUT2D eigenvalue weighted by atomic mass is 10.2. The number of nitrogens with zero attached hydrogens (tertiary/aromatic N) is 2. The van der Waals surface area contributed by atoms with E-state index >= 15 is 0 Å². The standard InChI is InChI=1S/C29H30N2O5S2/c1-19-15-24(19)25-12-11-23(36-25)18-30(17-22-5-4-14-35-22)27(32)6-3-13-31-28(33)26(38-29(31)37)16-20-7-9-21(34-2)10-8-20/h4-5,7-12,14,16,19,24H,3,6,13,15,17-18H2,1-2H3/b26-16-. The molecule has 1 aliphatic heterocycles. The van der Waals surface area contributed by atoms with Crippen molar-refractivity contribution in [3.05, 3.63) is 82.5 Å². The highest BCUT2D eigenvalue weighted by Crippen LogP contribution is 2.47. The molecule has 1 aliphatic carbocycles. The molecule has 1 saturated heterocycles. The van der Waals surface area contributed by atoms with Gasteiger partial charge in [0, 0.05) is 18.9 Å². The second-order valence-corrected chi connectivity index (χ2v) is 11.3. The van der Waals surface area contributed by atoms with Crippen LogP contribution in [0.4, 0.5) is 0 Å². The van der Waals surface area contributed by atoms with Crippen molar-refractivity contribution in [3.8, 4) is 5.75 Å². The number of carbonyl (C=O) groups is 2. The number of hydrogen-bond donors (Lipinski definition) is 0. The van der Waals surface area contributed by atoms with Crippen molar-refractivity contribution < 1.29 is 23.2 Å². The summed E-state index contributed by atoms with van der Waals surface area (Å²) in [7, 11) is 1.61. The molecular weight excluding hydrogens is 520 g/mol. The van der Waals surface area contributed by atoms with E-state index in [0.29, 0.717) is 52.9 Å². The monoisotopic (exact) mass is 550 g/mol. The molecule has 2 aromatic heterocycles. The summed E-state index contributed by atoms with van der Waals surface area (Å²) in [5, 5.41) is 0. The Bertz CT molecular complexity index is 1330. The van der Waals surface area contributed by atoms with E-state index in [1.807, 2.05) is 54.6 Å². The Hall–Kier alpha value is -3.30. The third kappa shape index (κ3) is 6.22. The van der Waals surface area contributed by atoms with Crippen molar-refractivity contribution in [1.82, 2.24) is 9.80 Å². The number of thiocarbonyl (C=S) groups is 1. The first-order chi connectivity index (χ1) is 18.4. The minimum atomic E-state index is -0.131. The number of amides is 2. The molecule has 3 aromatic rings. The summed E-state index contributed by atoms with van der Waals surface area (Å²) in [4.78, 5) is 30.1. The van der Waals surface area contributed by atoms with Gasteiger partial charge >= 0.3 is 0 Å². The van der Waals surface area contributed by atoms with E-state index in [9.17, 15) is 9.59 Å². The lowest BCUT2D eigenvalue weighted by Crippen LogP contribution is -2.32. The van der Waals surface area contributed by atoms with Gasteiger partial charge < -0.3 is 18.5 Å². The van der Waals surface area contributed by atoms with Gasteiger partial charge in [-0.05, 0) is 66.8 Å². The number of thioether (sulfide) groups is 1. The van der Waals surface area contributed by atoms with E-state index in [1.54, 1.807) is 23.2 Å². The van der Waals surface area contributed by atoms with Crippen molar-refractivity contribution in [2.75, 3.05) is 13.7 Å².